The summed E-state index contributed by atoms with van der Waals surface area (Å²) in [6, 6.07) is 11.5. The molecule has 0 aliphatic rings. The van der Waals surface area contributed by atoms with Crippen LogP contribution in [0, 0.1) is 0 Å². The highest BCUT2D eigenvalue weighted by Gasteiger charge is 2.17. The number of fused-ring (bicyclic) bond motifs is 1. The second-order valence-corrected chi connectivity index (χ2v) is 9.56. The average Bonchev–Trinajstić information content (AvgIpc) is 2.97. The molecule has 3 aromatic rings. The van der Waals surface area contributed by atoms with Gasteiger partial charge in [-0.2, -0.15) is 8.42 Å². The maximum absolute atomic E-state index is 12.7. The second-order valence-electron chi connectivity index (χ2n) is 5.63. The number of rotatable bonds is 6. The fourth-order valence-corrected chi connectivity index (χ4v) is 5.41. The number of aromatic nitrogens is 1. The predicted octanol–water partition coefficient (Wildman–Crippen LogP) is 3.93. The molecule has 0 aliphatic carbocycles. The Labute approximate surface area is 175 Å². The van der Waals surface area contributed by atoms with Gasteiger partial charge in [0.1, 0.15) is 6.54 Å². The maximum atomic E-state index is 12.7. The molecule has 10 heteroatoms. The molecule has 2 aromatic carbocycles. The molecule has 1 heterocycles. The molecule has 1 aromatic heterocycles. The number of esters is 1. The normalized spacial score (nSPS) is 12.5. The Hall–Kier alpha value is -1.81. The van der Waals surface area contributed by atoms with E-state index in [1.807, 2.05) is 24.5 Å². The summed E-state index contributed by atoms with van der Waals surface area (Å²) in [5.74, 6) is -0.457. The first-order valence-corrected chi connectivity index (χ1v) is 12.1. The fraction of sp³-hybridized carbons (Fsp3) is 0.222. The molecule has 28 heavy (non-hydrogen) atoms. The Morgan fingerprint density at radius 2 is 1.96 bits per heavy atom. The van der Waals surface area contributed by atoms with Crippen molar-refractivity contribution >= 4 is 60.9 Å². The Kier molecular flexibility index (Phi) is 6.49. The van der Waals surface area contributed by atoms with Crippen molar-refractivity contribution in [2.75, 3.05) is 12.9 Å². The van der Waals surface area contributed by atoms with Gasteiger partial charge in [-0.05, 0) is 55.6 Å². The summed E-state index contributed by atoms with van der Waals surface area (Å²) < 4.78 is 36.9. The van der Waals surface area contributed by atoms with Crippen molar-refractivity contribution in [1.29, 1.82) is 0 Å². The summed E-state index contributed by atoms with van der Waals surface area (Å²) in [5.41, 5.74) is 0.723. The van der Waals surface area contributed by atoms with Gasteiger partial charge in [-0.15, -0.1) is 16.2 Å². The Bertz CT molecular complexity index is 1180. The van der Waals surface area contributed by atoms with E-state index in [1.165, 1.54) is 35.6 Å². The number of carbonyl (C=O) groups is 1. The SMILES string of the molecule is CCOC(=O)Cn1/c(=N/S(=O)(=O)c2ccc(Cl)cc2)sc2cc(SC)ccc21. The van der Waals surface area contributed by atoms with Gasteiger partial charge in [0.05, 0.1) is 21.7 Å². The van der Waals surface area contributed by atoms with Crippen LogP contribution >= 0.6 is 34.7 Å². The number of ether oxygens (including phenoxy) is 1. The zero-order valence-corrected chi connectivity index (χ0v) is 18.3. The van der Waals surface area contributed by atoms with E-state index >= 15 is 0 Å². The molecule has 0 spiro atoms. The smallest absolute Gasteiger partial charge is 0.326 e. The molecule has 3 rings (SSSR count). The van der Waals surface area contributed by atoms with Crippen LogP contribution < -0.4 is 4.80 Å². The van der Waals surface area contributed by atoms with E-state index in [4.69, 9.17) is 16.3 Å². The van der Waals surface area contributed by atoms with E-state index < -0.39 is 16.0 Å². The lowest BCUT2D eigenvalue weighted by atomic mass is 10.3. The highest BCUT2D eigenvalue weighted by Crippen LogP contribution is 2.25. The largest absolute Gasteiger partial charge is 0.465 e. The number of nitrogens with zero attached hydrogens (tertiary/aromatic N) is 2. The van der Waals surface area contributed by atoms with E-state index in [2.05, 4.69) is 4.40 Å². The maximum Gasteiger partial charge on any atom is 0.326 e. The van der Waals surface area contributed by atoms with Crippen molar-refractivity contribution in [1.82, 2.24) is 4.57 Å². The predicted molar refractivity (Wildman–Crippen MR) is 112 cm³/mol. The fourth-order valence-electron chi connectivity index (χ4n) is 2.50. The molecule has 0 aliphatic heterocycles. The van der Waals surface area contributed by atoms with Crippen molar-refractivity contribution < 1.29 is 17.9 Å². The zero-order valence-electron chi connectivity index (χ0n) is 15.1. The molecule has 0 amide bonds. The summed E-state index contributed by atoms with van der Waals surface area (Å²) >= 11 is 8.62. The molecule has 0 radical (unpaired) electrons. The van der Waals surface area contributed by atoms with Crippen molar-refractivity contribution in [2.45, 2.75) is 23.3 Å². The lowest BCUT2D eigenvalue weighted by Crippen LogP contribution is -2.23. The molecule has 0 N–H and O–H groups in total. The lowest BCUT2D eigenvalue weighted by molar-refractivity contribution is -0.143. The van der Waals surface area contributed by atoms with Gasteiger partial charge in [-0.3, -0.25) is 4.79 Å². The summed E-state index contributed by atoms with van der Waals surface area (Å²) in [4.78, 5) is 13.3. The highest BCUT2D eigenvalue weighted by atomic mass is 35.5. The molecule has 0 saturated heterocycles. The monoisotopic (exact) mass is 456 g/mol. The molecule has 148 valence electrons. The van der Waals surface area contributed by atoms with Gasteiger partial charge in [-0.25, -0.2) is 0 Å². The Balaban J connectivity index is 2.18. The minimum absolute atomic E-state index is 0.0295. The van der Waals surface area contributed by atoms with Crippen molar-refractivity contribution in [3.8, 4) is 0 Å². The summed E-state index contributed by atoms with van der Waals surface area (Å²) in [6.07, 6.45) is 1.96. The summed E-state index contributed by atoms with van der Waals surface area (Å²) in [5, 5.41) is 0.433. The number of hydrogen-bond acceptors (Lipinski definition) is 6. The number of benzene rings is 2. The minimum atomic E-state index is -3.97. The summed E-state index contributed by atoms with van der Waals surface area (Å²) in [6.45, 7) is 1.84. The number of thioether (sulfide) groups is 1. The van der Waals surface area contributed by atoms with Gasteiger partial charge < -0.3 is 9.30 Å². The first-order valence-electron chi connectivity index (χ1n) is 8.23. The number of carbonyl (C=O) groups excluding carboxylic acids is 1. The molecule has 0 saturated carbocycles. The van der Waals surface area contributed by atoms with Crippen LogP contribution in [0.25, 0.3) is 10.2 Å². The van der Waals surface area contributed by atoms with E-state index in [0.717, 1.165) is 15.1 Å². The first kappa shape index (κ1) is 20.9. The van der Waals surface area contributed by atoms with Crippen molar-refractivity contribution in [3.63, 3.8) is 0 Å². The standard InChI is InChI=1S/C18H17ClN2O4S3/c1-3-25-17(22)11-21-15-9-6-13(26-2)10-16(15)27-18(21)20-28(23,24)14-7-4-12(19)5-8-14/h4-10H,3,11H2,1-2H3/b20-18-. The molecular formula is C18H17ClN2O4S3. The van der Waals surface area contributed by atoms with Gasteiger partial charge in [-0.1, -0.05) is 22.9 Å². The molecule has 6 nitrogen and oxygen atoms in total. The number of sulfonamides is 1. The van der Waals surface area contributed by atoms with Crippen LogP contribution in [0.5, 0.6) is 0 Å². The van der Waals surface area contributed by atoms with Crippen LogP contribution in [-0.2, 0) is 26.1 Å². The van der Waals surface area contributed by atoms with Crippen LogP contribution in [0.15, 0.2) is 56.7 Å². The third kappa shape index (κ3) is 4.60. The van der Waals surface area contributed by atoms with Crippen LogP contribution in [0.4, 0.5) is 0 Å². The summed E-state index contributed by atoms with van der Waals surface area (Å²) in [7, 11) is -3.97. The number of hydrogen-bond donors (Lipinski definition) is 0. The quantitative estimate of drug-likeness (QED) is 0.415. The van der Waals surface area contributed by atoms with Gasteiger partial charge in [0, 0.05) is 9.92 Å². The van der Waals surface area contributed by atoms with Gasteiger partial charge in [0.25, 0.3) is 10.0 Å². The molecule has 0 fully saturated rings. The molecule has 0 bridgehead atoms. The third-order valence-electron chi connectivity index (χ3n) is 3.79. The van der Waals surface area contributed by atoms with E-state index in [1.54, 1.807) is 23.3 Å². The average molecular weight is 457 g/mol. The van der Waals surface area contributed by atoms with Crippen LogP contribution in [-0.4, -0.2) is 31.8 Å². The van der Waals surface area contributed by atoms with Crippen molar-refractivity contribution in [2.24, 2.45) is 4.40 Å². The zero-order chi connectivity index (χ0) is 20.3. The third-order valence-corrected chi connectivity index (χ3v) is 7.21. The second kappa shape index (κ2) is 8.69. The van der Waals surface area contributed by atoms with Gasteiger partial charge in [0.15, 0.2) is 0 Å². The topological polar surface area (TPSA) is 77.7 Å². The van der Waals surface area contributed by atoms with Gasteiger partial charge >= 0.3 is 5.97 Å². The van der Waals surface area contributed by atoms with Crippen LogP contribution in [0.1, 0.15) is 6.92 Å². The van der Waals surface area contributed by atoms with Crippen LogP contribution in [0.3, 0.4) is 0 Å². The molecule has 0 unspecified atom stereocenters. The van der Waals surface area contributed by atoms with Gasteiger partial charge in [0.2, 0.25) is 4.80 Å². The number of thiazole rings is 1. The highest BCUT2D eigenvalue weighted by molar-refractivity contribution is 7.98. The molecule has 0 atom stereocenters. The molecular weight excluding hydrogens is 440 g/mol. The van der Waals surface area contributed by atoms with Crippen molar-refractivity contribution in [3.05, 3.63) is 52.3 Å². The Morgan fingerprint density at radius 1 is 1.25 bits per heavy atom. The lowest BCUT2D eigenvalue weighted by Gasteiger charge is -2.05. The van der Waals surface area contributed by atoms with Crippen LogP contribution in [0.2, 0.25) is 5.02 Å². The van der Waals surface area contributed by atoms with E-state index in [0.29, 0.717) is 5.02 Å². The number of halogens is 1. The minimum Gasteiger partial charge on any atom is -0.465 e. The van der Waals surface area contributed by atoms with E-state index in [9.17, 15) is 13.2 Å². The Morgan fingerprint density at radius 3 is 2.61 bits per heavy atom. The first-order chi connectivity index (χ1) is 13.3. The van der Waals surface area contributed by atoms with E-state index in [-0.39, 0.29) is 22.8 Å².